The molecule has 11 heteroatoms. The van der Waals surface area contributed by atoms with Gasteiger partial charge in [-0.25, -0.2) is 4.79 Å². The van der Waals surface area contributed by atoms with Gasteiger partial charge in [0.15, 0.2) is 6.10 Å². The third-order valence-electron chi connectivity index (χ3n) is 3.30. The van der Waals surface area contributed by atoms with Crippen LogP contribution in [0.25, 0.3) is 0 Å². The van der Waals surface area contributed by atoms with E-state index in [1.165, 1.54) is 13.8 Å². The van der Waals surface area contributed by atoms with Crippen molar-refractivity contribution in [3.63, 3.8) is 0 Å². The van der Waals surface area contributed by atoms with Crippen LogP contribution in [-0.2, 0) is 27.9 Å². The lowest BCUT2D eigenvalue weighted by Crippen LogP contribution is -2.50. The Hall–Kier alpha value is -1.64. The number of carbonyl (C=O) groups is 3. The summed E-state index contributed by atoms with van der Waals surface area (Å²) in [5, 5.41) is 4.94. The lowest BCUT2D eigenvalue weighted by molar-refractivity contribution is -0.134. The fourth-order valence-electron chi connectivity index (χ4n) is 2.05. The summed E-state index contributed by atoms with van der Waals surface area (Å²) in [6.45, 7) is 8.39. The minimum atomic E-state index is -3.52. The fraction of sp³-hybridized carbons (Fsp3) is 0.800. The monoisotopic (exact) mass is 395 g/mol. The number of nitrogens with one attached hydrogen (secondary N) is 2. The number of hydrogen-bond donors (Lipinski definition) is 3. The van der Waals surface area contributed by atoms with Gasteiger partial charge >= 0.3 is 13.7 Å². The highest BCUT2D eigenvalue weighted by molar-refractivity contribution is 7.54. The van der Waals surface area contributed by atoms with Crippen molar-refractivity contribution in [1.82, 2.24) is 10.6 Å². The number of rotatable bonds is 12. The van der Waals surface area contributed by atoms with Crippen LogP contribution in [0.5, 0.6) is 0 Å². The van der Waals surface area contributed by atoms with Gasteiger partial charge in [0.25, 0.3) is 5.91 Å². The second-order valence-electron chi connectivity index (χ2n) is 5.50. The quantitative estimate of drug-likeness (QED) is 0.424. The Morgan fingerprint density at radius 2 is 1.54 bits per heavy atom. The van der Waals surface area contributed by atoms with Crippen LogP contribution in [0.1, 0.15) is 47.5 Å². The second-order valence-corrected chi connectivity index (χ2v) is 7.88. The van der Waals surface area contributed by atoms with Crippen LogP contribution in [0.4, 0.5) is 4.79 Å². The third kappa shape index (κ3) is 8.16. The molecule has 0 rings (SSSR count). The zero-order valence-corrected chi connectivity index (χ0v) is 16.8. The van der Waals surface area contributed by atoms with Gasteiger partial charge in [-0.2, -0.15) is 0 Å². The van der Waals surface area contributed by atoms with E-state index in [0.717, 1.165) is 0 Å². The number of primary amides is 1. The molecule has 0 aliphatic heterocycles. The van der Waals surface area contributed by atoms with Crippen LogP contribution in [0, 0.1) is 0 Å². The molecule has 0 heterocycles. The van der Waals surface area contributed by atoms with Gasteiger partial charge in [-0.15, -0.1) is 0 Å². The number of hydrogen-bond acceptors (Lipinski definition) is 7. The molecule has 1 unspecified atom stereocenters. The lowest BCUT2D eigenvalue weighted by atomic mass is 10.2. The molecule has 0 aromatic carbocycles. The predicted octanol–water partition coefficient (Wildman–Crippen LogP) is 1.48. The fourth-order valence-corrected chi connectivity index (χ4v) is 3.58. The van der Waals surface area contributed by atoms with Crippen molar-refractivity contribution >= 4 is 25.5 Å². The maximum absolute atomic E-state index is 12.6. The summed E-state index contributed by atoms with van der Waals surface area (Å²) in [6, 6.07) is -0.961. The van der Waals surface area contributed by atoms with Crippen LogP contribution in [0.3, 0.4) is 0 Å². The molecular weight excluding hydrogens is 365 g/mol. The molecule has 26 heavy (non-hydrogen) atoms. The smallest absolute Gasteiger partial charge is 0.405 e. The molecule has 152 valence electrons. The summed E-state index contributed by atoms with van der Waals surface area (Å²) in [6.07, 6.45) is -1.31. The van der Waals surface area contributed by atoms with E-state index in [4.69, 9.17) is 19.5 Å². The predicted molar refractivity (Wildman–Crippen MR) is 95.4 cm³/mol. The first-order valence-electron chi connectivity index (χ1n) is 8.56. The molecule has 4 N–H and O–H groups in total. The number of nitrogens with two attached hydrogens (primary N) is 1. The van der Waals surface area contributed by atoms with Crippen LogP contribution >= 0.6 is 7.60 Å². The van der Waals surface area contributed by atoms with E-state index in [9.17, 15) is 18.9 Å². The van der Waals surface area contributed by atoms with E-state index in [2.05, 4.69) is 10.6 Å². The molecule has 0 saturated carbocycles. The first-order chi connectivity index (χ1) is 12.1. The van der Waals surface area contributed by atoms with Gasteiger partial charge in [-0.05, 0) is 34.1 Å². The standard InChI is InChI=1S/C15H30N3O7P/c1-6-9-12(25-15(16)21)14(20)17-10(4)13(19)18-11(5)26(22,23-7-2)24-8-3/h10-12H,6-9H2,1-5H3,(H2,16,21)(H,17,20)(H,18,19)/t10-,11?,12-/m0/s1. The molecule has 0 aromatic rings. The SMILES string of the molecule is CCC[C@H](OC(N)=O)C(=O)N[C@@H](C)C(=O)NC(C)P(=O)(OCC)OCC. The summed E-state index contributed by atoms with van der Waals surface area (Å²) < 4.78 is 27.7. The van der Waals surface area contributed by atoms with E-state index < -0.39 is 43.4 Å². The Morgan fingerprint density at radius 1 is 1.00 bits per heavy atom. The van der Waals surface area contributed by atoms with Crippen molar-refractivity contribution in [2.45, 2.75) is 65.4 Å². The summed E-state index contributed by atoms with van der Waals surface area (Å²) in [5.74, 6) is -2.12. The zero-order valence-electron chi connectivity index (χ0n) is 15.9. The Kier molecular flexibility index (Phi) is 11.1. The van der Waals surface area contributed by atoms with Gasteiger partial charge in [0, 0.05) is 0 Å². The Bertz CT molecular complexity index is 519. The highest BCUT2D eigenvalue weighted by Crippen LogP contribution is 2.51. The first-order valence-corrected chi connectivity index (χ1v) is 10.2. The van der Waals surface area contributed by atoms with Crippen LogP contribution in [0.2, 0.25) is 0 Å². The Morgan fingerprint density at radius 3 is 1.96 bits per heavy atom. The summed E-state index contributed by atoms with van der Waals surface area (Å²) in [5.41, 5.74) is 4.94. The molecule has 0 aliphatic carbocycles. The van der Waals surface area contributed by atoms with Crippen LogP contribution in [-0.4, -0.2) is 49.1 Å². The van der Waals surface area contributed by atoms with Gasteiger partial charge in [-0.3, -0.25) is 14.2 Å². The summed E-state index contributed by atoms with van der Waals surface area (Å²) in [7, 11) is -3.52. The average Bonchev–Trinajstić information content (AvgIpc) is 2.54. The highest BCUT2D eigenvalue weighted by atomic mass is 31.2. The van der Waals surface area contributed by atoms with E-state index >= 15 is 0 Å². The molecule has 10 nitrogen and oxygen atoms in total. The second kappa shape index (κ2) is 11.9. The molecule has 0 aromatic heterocycles. The average molecular weight is 395 g/mol. The van der Waals surface area contributed by atoms with Crippen molar-refractivity contribution in [3.8, 4) is 0 Å². The number of amides is 3. The molecule has 0 spiro atoms. The van der Waals surface area contributed by atoms with Crippen LogP contribution < -0.4 is 16.4 Å². The van der Waals surface area contributed by atoms with Gasteiger partial charge in [-0.1, -0.05) is 13.3 Å². The molecule has 0 aliphatic rings. The van der Waals surface area contributed by atoms with Crippen molar-refractivity contribution < 1.29 is 32.7 Å². The van der Waals surface area contributed by atoms with Gasteiger partial charge in [0.05, 0.1) is 13.2 Å². The van der Waals surface area contributed by atoms with Crippen molar-refractivity contribution in [2.24, 2.45) is 5.73 Å². The van der Waals surface area contributed by atoms with E-state index in [1.807, 2.05) is 0 Å². The third-order valence-corrected chi connectivity index (χ3v) is 5.61. The normalized spacial score (nSPS) is 14.8. The topological polar surface area (TPSA) is 146 Å². The van der Waals surface area contributed by atoms with Crippen LogP contribution in [0.15, 0.2) is 0 Å². The molecule has 0 fully saturated rings. The number of carbonyl (C=O) groups excluding carboxylic acids is 3. The lowest BCUT2D eigenvalue weighted by Gasteiger charge is -2.26. The summed E-state index contributed by atoms with van der Waals surface area (Å²) >= 11 is 0. The summed E-state index contributed by atoms with van der Waals surface area (Å²) in [4.78, 5) is 35.3. The minimum Gasteiger partial charge on any atom is -0.436 e. The first kappa shape index (κ1) is 24.4. The molecule has 3 amide bonds. The van der Waals surface area contributed by atoms with E-state index in [0.29, 0.717) is 6.42 Å². The van der Waals surface area contributed by atoms with E-state index in [1.54, 1.807) is 20.8 Å². The molecule has 0 radical (unpaired) electrons. The minimum absolute atomic E-state index is 0.160. The molecular formula is C15H30N3O7P. The highest BCUT2D eigenvalue weighted by Gasteiger charge is 2.34. The van der Waals surface area contributed by atoms with Gasteiger partial charge < -0.3 is 30.2 Å². The van der Waals surface area contributed by atoms with Crippen molar-refractivity contribution in [2.75, 3.05) is 13.2 Å². The van der Waals surface area contributed by atoms with Gasteiger partial charge in [0.2, 0.25) is 5.91 Å². The largest absolute Gasteiger partial charge is 0.436 e. The zero-order chi connectivity index (χ0) is 20.3. The molecule has 0 saturated heterocycles. The maximum atomic E-state index is 12.6. The van der Waals surface area contributed by atoms with Crippen molar-refractivity contribution in [3.05, 3.63) is 0 Å². The van der Waals surface area contributed by atoms with E-state index in [-0.39, 0.29) is 19.6 Å². The van der Waals surface area contributed by atoms with Crippen molar-refractivity contribution in [1.29, 1.82) is 0 Å². The molecule has 0 bridgehead atoms. The Labute approximate surface area is 154 Å². The maximum Gasteiger partial charge on any atom is 0.405 e. The van der Waals surface area contributed by atoms with Gasteiger partial charge in [0.1, 0.15) is 11.8 Å². The Balaban J connectivity index is 4.86. The number of ether oxygens (including phenoxy) is 1. The molecule has 3 atom stereocenters.